The molecule has 0 saturated carbocycles. The van der Waals surface area contributed by atoms with Crippen molar-refractivity contribution >= 4 is 13.2 Å². The first-order chi connectivity index (χ1) is 12.7. The van der Waals surface area contributed by atoms with Crippen LogP contribution >= 0.6 is 7.94 Å². The lowest BCUT2D eigenvalue weighted by Gasteiger charge is -2.25. The molecule has 140 valence electrons. The van der Waals surface area contributed by atoms with E-state index in [0.717, 1.165) is 29.3 Å². The maximum atomic E-state index is 11.1. The zero-order chi connectivity index (χ0) is 18.2. The molecule has 4 heteroatoms. The average Bonchev–Trinajstić information content (AvgIpc) is 2.67. The van der Waals surface area contributed by atoms with Crippen molar-refractivity contribution in [3.63, 3.8) is 0 Å². The number of hydrogen-bond donors (Lipinski definition) is 1. The van der Waals surface area contributed by atoms with E-state index in [1.54, 1.807) is 0 Å². The highest BCUT2D eigenvalue weighted by Gasteiger charge is 2.51. The van der Waals surface area contributed by atoms with Gasteiger partial charge in [-0.05, 0) is 24.6 Å². The summed E-state index contributed by atoms with van der Waals surface area (Å²) in [5.74, 6) is 0.706. The highest BCUT2D eigenvalue weighted by molar-refractivity contribution is 7.69. The van der Waals surface area contributed by atoms with Crippen molar-refractivity contribution in [3.05, 3.63) is 48.5 Å². The van der Waals surface area contributed by atoms with Crippen LogP contribution in [0.1, 0.15) is 58.3 Å². The SMILES string of the molecule is CCCCCCCCCCO[P+]1(O)Oc2ccccc2-c2ccccc21. The van der Waals surface area contributed by atoms with Gasteiger partial charge < -0.3 is 0 Å². The number of hydrogen-bond acceptors (Lipinski definition) is 3. The van der Waals surface area contributed by atoms with Crippen molar-refractivity contribution < 1.29 is 13.9 Å². The van der Waals surface area contributed by atoms with Crippen LogP contribution in [0.15, 0.2) is 48.5 Å². The largest absolute Gasteiger partial charge is 0.490 e. The second kappa shape index (κ2) is 9.50. The fourth-order valence-corrected chi connectivity index (χ4v) is 5.29. The second-order valence-electron chi connectivity index (χ2n) is 6.93. The molecule has 1 atom stereocenters. The molecule has 0 aliphatic carbocycles. The van der Waals surface area contributed by atoms with Crippen molar-refractivity contribution in [2.45, 2.75) is 58.3 Å². The van der Waals surface area contributed by atoms with E-state index in [4.69, 9.17) is 9.05 Å². The Morgan fingerprint density at radius 1 is 0.808 bits per heavy atom. The van der Waals surface area contributed by atoms with Crippen LogP contribution < -0.4 is 9.83 Å². The Morgan fingerprint density at radius 3 is 2.19 bits per heavy atom. The van der Waals surface area contributed by atoms with Crippen LogP contribution in [0.3, 0.4) is 0 Å². The molecule has 0 saturated heterocycles. The molecule has 0 bridgehead atoms. The smallest absolute Gasteiger partial charge is 0.280 e. The molecule has 0 fully saturated rings. The summed E-state index contributed by atoms with van der Waals surface area (Å²) in [6.45, 7) is 2.78. The molecule has 1 aliphatic heterocycles. The van der Waals surface area contributed by atoms with Gasteiger partial charge in [0.05, 0.1) is 6.61 Å². The van der Waals surface area contributed by atoms with Gasteiger partial charge in [0.2, 0.25) is 0 Å². The summed E-state index contributed by atoms with van der Waals surface area (Å²) in [6.07, 6.45) is 9.96. The van der Waals surface area contributed by atoms with Gasteiger partial charge in [0.25, 0.3) is 0 Å². The Kier molecular flexibility index (Phi) is 7.07. The molecule has 0 amide bonds. The average molecular weight is 373 g/mol. The number of para-hydroxylation sites is 1. The Bertz CT molecular complexity index is 703. The molecular formula is C22H30O3P+. The molecule has 0 aromatic heterocycles. The Balaban J connectivity index is 1.54. The summed E-state index contributed by atoms with van der Waals surface area (Å²) in [5, 5.41) is 0.790. The molecule has 1 N–H and O–H groups in total. The van der Waals surface area contributed by atoms with Crippen molar-refractivity contribution in [2.24, 2.45) is 0 Å². The van der Waals surface area contributed by atoms with Gasteiger partial charge >= 0.3 is 7.94 Å². The van der Waals surface area contributed by atoms with Crippen molar-refractivity contribution in [1.82, 2.24) is 0 Å². The normalized spacial score (nSPS) is 18.1. The first-order valence-corrected chi connectivity index (χ1v) is 11.5. The van der Waals surface area contributed by atoms with Crippen LogP contribution in [0.25, 0.3) is 11.1 Å². The Labute approximate surface area is 157 Å². The van der Waals surface area contributed by atoms with Gasteiger partial charge in [0.15, 0.2) is 11.1 Å². The first kappa shape index (κ1) is 19.4. The molecule has 2 aromatic carbocycles. The molecule has 1 aliphatic rings. The fourth-order valence-electron chi connectivity index (χ4n) is 3.42. The van der Waals surface area contributed by atoms with E-state index in [1.807, 2.05) is 48.5 Å². The van der Waals surface area contributed by atoms with Crippen LogP contribution in [0.4, 0.5) is 0 Å². The lowest BCUT2D eigenvalue weighted by atomic mass is 10.0. The minimum Gasteiger partial charge on any atom is -0.280 e. The third kappa shape index (κ3) is 4.65. The molecule has 0 spiro atoms. The van der Waals surface area contributed by atoms with Crippen LogP contribution in [0.2, 0.25) is 0 Å². The Hall–Kier alpha value is -1.41. The highest BCUT2D eigenvalue weighted by atomic mass is 31.2. The molecule has 0 radical (unpaired) electrons. The predicted molar refractivity (Wildman–Crippen MR) is 110 cm³/mol. The van der Waals surface area contributed by atoms with E-state index in [1.165, 1.54) is 38.5 Å². The zero-order valence-electron chi connectivity index (χ0n) is 15.7. The minimum atomic E-state index is -3.06. The summed E-state index contributed by atoms with van der Waals surface area (Å²) < 4.78 is 11.9. The quantitative estimate of drug-likeness (QED) is 0.393. The van der Waals surface area contributed by atoms with Crippen LogP contribution in [-0.4, -0.2) is 11.5 Å². The monoisotopic (exact) mass is 373 g/mol. The first-order valence-electron chi connectivity index (χ1n) is 9.89. The van der Waals surface area contributed by atoms with E-state index in [9.17, 15) is 4.89 Å². The molecule has 26 heavy (non-hydrogen) atoms. The summed E-state index contributed by atoms with van der Waals surface area (Å²) >= 11 is 0. The Morgan fingerprint density at radius 2 is 1.42 bits per heavy atom. The zero-order valence-corrected chi connectivity index (χ0v) is 16.6. The number of fused-ring (bicyclic) bond motifs is 3. The molecule has 1 heterocycles. The number of unbranched alkanes of at least 4 members (excludes halogenated alkanes) is 7. The van der Waals surface area contributed by atoms with Gasteiger partial charge in [0.1, 0.15) is 0 Å². The number of rotatable bonds is 10. The van der Waals surface area contributed by atoms with Crippen LogP contribution in [-0.2, 0) is 4.52 Å². The van der Waals surface area contributed by atoms with E-state index in [-0.39, 0.29) is 0 Å². The van der Waals surface area contributed by atoms with Crippen LogP contribution in [0, 0.1) is 0 Å². The third-order valence-electron chi connectivity index (χ3n) is 4.87. The molecule has 3 nitrogen and oxygen atoms in total. The van der Waals surface area contributed by atoms with Gasteiger partial charge in [0, 0.05) is 11.1 Å². The predicted octanol–water partition coefficient (Wildman–Crippen LogP) is 6.28. The topological polar surface area (TPSA) is 38.7 Å². The summed E-state index contributed by atoms with van der Waals surface area (Å²) in [4.78, 5) is 11.1. The number of benzene rings is 2. The standard InChI is InChI=1S/C22H30O3P/c1-2-3-4-5-6-7-8-13-18-24-26(23)22-17-12-10-15-20(22)19-14-9-11-16-21(19)25-26/h9-12,14-17,23H,2-8,13,18H2,1H3/q+1. The maximum absolute atomic E-state index is 11.1. The van der Waals surface area contributed by atoms with E-state index >= 15 is 0 Å². The van der Waals surface area contributed by atoms with Gasteiger partial charge in [-0.2, -0.15) is 9.42 Å². The highest BCUT2D eigenvalue weighted by Crippen LogP contribution is 2.61. The van der Waals surface area contributed by atoms with E-state index < -0.39 is 7.94 Å². The van der Waals surface area contributed by atoms with Gasteiger partial charge in [-0.15, -0.1) is 0 Å². The van der Waals surface area contributed by atoms with Gasteiger partial charge in [-0.1, -0.05) is 82.2 Å². The second-order valence-corrected chi connectivity index (χ2v) is 8.90. The maximum Gasteiger partial charge on any atom is 0.490 e. The lowest BCUT2D eigenvalue weighted by Crippen LogP contribution is -2.24. The third-order valence-corrected chi connectivity index (χ3v) is 6.85. The van der Waals surface area contributed by atoms with Crippen molar-refractivity contribution in [3.8, 4) is 16.9 Å². The van der Waals surface area contributed by atoms with Crippen molar-refractivity contribution in [2.75, 3.05) is 6.61 Å². The minimum absolute atomic E-state index is 0.537. The fraction of sp³-hybridized carbons (Fsp3) is 0.455. The van der Waals surface area contributed by atoms with E-state index in [2.05, 4.69) is 6.92 Å². The molecule has 1 unspecified atom stereocenters. The summed E-state index contributed by atoms with van der Waals surface area (Å²) in [6, 6.07) is 15.7. The summed E-state index contributed by atoms with van der Waals surface area (Å²) in [5.41, 5.74) is 2.03. The van der Waals surface area contributed by atoms with E-state index in [0.29, 0.717) is 12.4 Å². The molecule has 3 rings (SSSR count). The van der Waals surface area contributed by atoms with Crippen LogP contribution in [0.5, 0.6) is 5.75 Å². The molecule has 2 aromatic rings. The van der Waals surface area contributed by atoms with Crippen molar-refractivity contribution in [1.29, 1.82) is 0 Å². The molecular weight excluding hydrogens is 343 g/mol. The van der Waals surface area contributed by atoms with Gasteiger partial charge in [-0.25, -0.2) is 0 Å². The lowest BCUT2D eigenvalue weighted by molar-refractivity contribution is 0.239. The summed E-state index contributed by atoms with van der Waals surface area (Å²) in [7, 11) is -3.06. The van der Waals surface area contributed by atoms with Gasteiger partial charge in [-0.3, -0.25) is 4.52 Å².